The molecule has 4 nitrogen and oxygen atoms in total. The van der Waals surface area contributed by atoms with Crippen LogP contribution in [0, 0.1) is 24.1 Å². The molecule has 0 aliphatic heterocycles. The summed E-state index contributed by atoms with van der Waals surface area (Å²) in [5.41, 5.74) is 1.99. The van der Waals surface area contributed by atoms with Gasteiger partial charge < -0.3 is 5.32 Å². The SMILES string of the molecule is Cc1cc(CNC(=O)c2ccc(C#N)nc2)ccc1F. The van der Waals surface area contributed by atoms with Gasteiger partial charge in [-0.25, -0.2) is 9.37 Å². The van der Waals surface area contributed by atoms with Gasteiger partial charge in [0.05, 0.1) is 5.56 Å². The van der Waals surface area contributed by atoms with E-state index < -0.39 is 0 Å². The third-order valence-electron chi connectivity index (χ3n) is 2.82. The van der Waals surface area contributed by atoms with Crippen LogP contribution in [0.25, 0.3) is 0 Å². The summed E-state index contributed by atoms with van der Waals surface area (Å²) in [7, 11) is 0. The molecule has 20 heavy (non-hydrogen) atoms. The van der Waals surface area contributed by atoms with E-state index in [1.165, 1.54) is 24.4 Å². The zero-order valence-corrected chi connectivity index (χ0v) is 10.9. The predicted octanol–water partition coefficient (Wildman–Crippen LogP) is 2.33. The van der Waals surface area contributed by atoms with Crippen molar-refractivity contribution in [3.63, 3.8) is 0 Å². The second-order valence-corrected chi connectivity index (χ2v) is 4.31. The molecule has 1 aromatic carbocycles. The summed E-state index contributed by atoms with van der Waals surface area (Å²) < 4.78 is 13.1. The molecule has 0 atom stereocenters. The summed E-state index contributed by atoms with van der Waals surface area (Å²) in [4.78, 5) is 15.7. The van der Waals surface area contributed by atoms with E-state index in [0.29, 0.717) is 17.7 Å². The molecular formula is C15H12FN3O. The third kappa shape index (κ3) is 3.18. The van der Waals surface area contributed by atoms with Gasteiger partial charge in [-0.1, -0.05) is 12.1 Å². The van der Waals surface area contributed by atoms with E-state index in [-0.39, 0.29) is 17.4 Å². The molecule has 100 valence electrons. The Morgan fingerprint density at radius 1 is 1.40 bits per heavy atom. The van der Waals surface area contributed by atoms with Crippen LogP contribution in [0.5, 0.6) is 0 Å². The zero-order chi connectivity index (χ0) is 14.5. The molecule has 2 aromatic rings. The molecule has 0 saturated carbocycles. The number of halogens is 1. The highest BCUT2D eigenvalue weighted by atomic mass is 19.1. The lowest BCUT2D eigenvalue weighted by atomic mass is 10.1. The van der Waals surface area contributed by atoms with Crippen LogP contribution in [0.4, 0.5) is 4.39 Å². The van der Waals surface area contributed by atoms with Crippen LogP contribution in [-0.4, -0.2) is 10.9 Å². The molecule has 0 aliphatic rings. The van der Waals surface area contributed by atoms with Crippen LogP contribution in [0.3, 0.4) is 0 Å². The molecule has 1 aromatic heterocycles. The molecule has 0 radical (unpaired) electrons. The second kappa shape index (κ2) is 5.93. The van der Waals surface area contributed by atoms with E-state index in [2.05, 4.69) is 10.3 Å². The van der Waals surface area contributed by atoms with Gasteiger partial charge in [-0.15, -0.1) is 0 Å². The fraction of sp³-hybridized carbons (Fsp3) is 0.133. The standard InChI is InChI=1S/C15H12FN3O/c1-10-6-11(2-5-14(10)16)8-19-15(20)12-3-4-13(7-17)18-9-12/h2-6,9H,8H2,1H3,(H,19,20). The normalized spacial score (nSPS) is 9.85. The Morgan fingerprint density at radius 3 is 2.80 bits per heavy atom. The summed E-state index contributed by atoms with van der Waals surface area (Å²) in [5, 5.41) is 11.3. The number of aromatic nitrogens is 1. The van der Waals surface area contributed by atoms with Crippen LogP contribution < -0.4 is 5.32 Å². The van der Waals surface area contributed by atoms with Crippen molar-refractivity contribution in [3.8, 4) is 6.07 Å². The summed E-state index contributed by atoms with van der Waals surface area (Å²) >= 11 is 0. The molecule has 0 unspecified atom stereocenters. The van der Waals surface area contributed by atoms with Crippen molar-refractivity contribution in [1.29, 1.82) is 5.26 Å². The monoisotopic (exact) mass is 269 g/mol. The van der Waals surface area contributed by atoms with Gasteiger partial charge in [0.2, 0.25) is 0 Å². The van der Waals surface area contributed by atoms with Crippen LogP contribution in [0.1, 0.15) is 27.2 Å². The smallest absolute Gasteiger partial charge is 0.253 e. The number of carbonyl (C=O) groups is 1. The molecule has 0 bridgehead atoms. The Hall–Kier alpha value is -2.74. The number of carbonyl (C=O) groups excluding carboxylic acids is 1. The molecule has 0 aliphatic carbocycles. The van der Waals surface area contributed by atoms with Gasteiger partial charge in [0.15, 0.2) is 0 Å². The quantitative estimate of drug-likeness (QED) is 0.930. The first kappa shape index (κ1) is 13.7. The van der Waals surface area contributed by atoms with Crippen molar-refractivity contribution in [2.75, 3.05) is 0 Å². The van der Waals surface area contributed by atoms with Crippen LogP contribution in [-0.2, 0) is 6.54 Å². The van der Waals surface area contributed by atoms with Gasteiger partial charge in [-0.05, 0) is 36.2 Å². The highest BCUT2D eigenvalue weighted by molar-refractivity contribution is 5.93. The van der Waals surface area contributed by atoms with Crippen LogP contribution in [0.2, 0.25) is 0 Å². The van der Waals surface area contributed by atoms with Crippen molar-refractivity contribution in [3.05, 3.63) is 64.7 Å². The topological polar surface area (TPSA) is 65.8 Å². The molecular weight excluding hydrogens is 257 g/mol. The summed E-state index contributed by atoms with van der Waals surface area (Å²) in [6.07, 6.45) is 1.35. The first-order valence-corrected chi connectivity index (χ1v) is 5.99. The van der Waals surface area contributed by atoms with Crippen molar-refractivity contribution >= 4 is 5.91 Å². The van der Waals surface area contributed by atoms with E-state index in [1.807, 2.05) is 6.07 Å². The molecule has 0 fully saturated rings. The second-order valence-electron chi connectivity index (χ2n) is 4.31. The summed E-state index contributed by atoms with van der Waals surface area (Å²) in [6, 6.07) is 9.59. The van der Waals surface area contributed by atoms with Crippen LogP contribution >= 0.6 is 0 Å². The van der Waals surface area contributed by atoms with Gasteiger partial charge in [0.25, 0.3) is 5.91 Å². The minimum atomic E-state index is -0.288. The van der Waals surface area contributed by atoms with Crippen molar-refractivity contribution < 1.29 is 9.18 Å². The van der Waals surface area contributed by atoms with Crippen molar-refractivity contribution in [2.24, 2.45) is 0 Å². The van der Waals surface area contributed by atoms with Crippen molar-refractivity contribution in [1.82, 2.24) is 10.3 Å². The highest BCUT2D eigenvalue weighted by Crippen LogP contribution is 2.09. The number of aryl methyl sites for hydroxylation is 1. The van der Waals surface area contributed by atoms with E-state index in [4.69, 9.17) is 5.26 Å². The van der Waals surface area contributed by atoms with Gasteiger partial charge in [0, 0.05) is 12.7 Å². The minimum absolute atomic E-state index is 0.260. The number of nitrogens with one attached hydrogen (secondary N) is 1. The molecule has 0 spiro atoms. The Labute approximate surface area is 115 Å². The first-order chi connectivity index (χ1) is 9.60. The molecule has 0 saturated heterocycles. The lowest BCUT2D eigenvalue weighted by molar-refractivity contribution is 0.0950. The van der Waals surface area contributed by atoms with Crippen LogP contribution in [0.15, 0.2) is 36.5 Å². The number of amides is 1. The summed E-state index contributed by atoms with van der Waals surface area (Å²) in [5.74, 6) is -0.555. The maximum Gasteiger partial charge on any atom is 0.253 e. The zero-order valence-electron chi connectivity index (χ0n) is 10.9. The molecule has 2 rings (SSSR count). The fourth-order valence-electron chi connectivity index (χ4n) is 1.70. The van der Waals surface area contributed by atoms with E-state index in [9.17, 15) is 9.18 Å². The highest BCUT2D eigenvalue weighted by Gasteiger charge is 2.06. The Bertz CT molecular complexity index is 675. The number of benzene rings is 1. The fourth-order valence-corrected chi connectivity index (χ4v) is 1.70. The third-order valence-corrected chi connectivity index (χ3v) is 2.82. The van der Waals surface area contributed by atoms with Crippen molar-refractivity contribution in [2.45, 2.75) is 13.5 Å². The molecule has 1 N–H and O–H groups in total. The average molecular weight is 269 g/mol. The van der Waals surface area contributed by atoms with E-state index in [0.717, 1.165) is 5.56 Å². The Kier molecular flexibility index (Phi) is 4.06. The number of nitrogens with zero attached hydrogens (tertiary/aromatic N) is 2. The maximum atomic E-state index is 13.1. The largest absolute Gasteiger partial charge is 0.348 e. The van der Waals surface area contributed by atoms with E-state index >= 15 is 0 Å². The van der Waals surface area contributed by atoms with Gasteiger partial charge >= 0.3 is 0 Å². The number of hydrogen-bond donors (Lipinski definition) is 1. The van der Waals surface area contributed by atoms with Gasteiger partial charge in [-0.2, -0.15) is 5.26 Å². The molecule has 5 heteroatoms. The average Bonchev–Trinajstić information content (AvgIpc) is 2.48. The van der Waals surface area contributed by atoms with Gasteiger partial charge in [0.1, 0.15) is 17.6 Å². The molecule has 1 heterocycles. The number of nitriles is 1. The first-order valence-electron chi connectivity index (χ1n) is 5.99. The number of hydrogen-bond acceptors (Lipinski definition) is 3. The lowest BCUT2D eigenvalue weighted by Gasteiger charge is -2.06. The summed E-state index contributed by atoms with van der Waals surface area (Å²) in [6.45, 7) is 1.98. The Balaban J connectivity index is 2.01. The van der Waals surface area contributed by atoms with E-state index in [1.54, 1.807) is 19.1 Å². The predicted molar refractivity (Wildman–Crippen MR) is 71.3 cm³/mol. The lowest BCUT2D eigenvalue weighted by Crippen LogP contribution is -2.23. The molecule has 1 amide bonds. The maximum absolute atomic E-state index is 13.1. The number of pyridine rings is 1. The Morgan fingerprint density at radius 2 is 2.20 bits per heavy atom. The number of rotatable bonds is 3. The van der Waals surface area contributed by atoms with Gasteiger partial charge in [-0.3, -0.25) is 4.79 Å². The minimum Gasteiger partial charge on any atom is -0.348 e.